The Bertz CT molecular complexity index is 1120. The van der Waals surface area contributed by atoms with E-state index in [1.54, 1.807) is 18.2 Å². The second-order valence-corrected chi connectivity index (χ2v) is 11.0. The Morgan fingerprint density at radius 1 is 1.17 bits per heavy atom. The zero-order valence-corrected chi connectivity index (χ0v) is 18.7. The molecule has 1 saturated heterocycles. The molecule has 2 aromatic rings. The quantitative estimate of drug-likeness (QED) is 0.619. The molecule has 0 spiro atoms. The van der Waals surface area contributed by atoms with E-state index in [9.17, 15) is 13.2 Å². The summed E-state index contributed by atoms with van der Waals surface area (Å²) in [7, 11) is -3.13. The molecule has 4 rings (SSSR count). The number of rotatable bonds is 4. The van der Waals surface area contributed by atoms with E-state index < -0.39 is 9.84 Å². The minimum Gasteiger partial charge on any atom is -0.315 e. The van der Waals surface area contributed by atoms with Crippen LogP contribution >= 0.6 is 35.0 Å². The summed E-state index contributed by atoms with van der Waals surface area (Å²) in [6.07, 6.45) is 0. The maximum absolute atomic E-state index is 12.2. The van der Waals surface area contributed by atoms with Gasteiger partial charge in [-0.2, -0.15) is 0 Å². The number of hydrogen-bond donors (Lipinski definition) is 0. The molecule has 0 bridgehead atoms. The van der Waals surface area contributed by atoms with Crippen molar-refractivity contribution in [2.45, 2.75) is 24.8 Å². The van der Waals surface area contributed by atoms with Crippen LogP contribution in [0.25, 0.3) is 0 Å². The Kier molecular flexibility index (Phi) is 5.68. The SMILES string of the molecule is CC(=O)c1cccc(N2C(SCc3ccc(Cl)c(Cl)c3)=N[C@H]3CS(=O)(=O)C[C@@H]32)c1. The van der Waals surface area contributed by atoms with Crippen LogP contribution in [0.3, 0.4) is 0 Å². The number of Topliss-reactive ketones (excluding diaryl/α,β-unsaturated/α-hetero) is 1. The smallest absolute Gasteiger partial charge is 0.164 e. The Labute approximate surface area is 184 Å². The molecule has 152 valence electrons. The summed E-state index contributed by atoms with van der Waals surface area (Å²) in [6, 6.07) is 12.2. The largest absolute Gasteiger partial charge is 0.315 e. The van der Waals surface area contributed by atoms with E-state index in [4.69, 9.17) is 28.2 Å². The number of hydrogen-bond acceptors (Lipinski definition) is 6. The standard InChI is InChI=1S/C20H18Cl2N2O3S2/c1-12(25)14-3-2-4-15(8-14)24-19-11-29(26,27)10-18(19)23-20(24)28-9-13-5-6-16(21)17(22)7-13/h2-8,18-19H,9-11H2,1H3/t18-,19-/m0/s1. The van der Waals surface area contributed by atoms with Gasteiger partial charge in [-0.1, -0.05) is 53.2 Å². The monoisotopic (exact) mass is 468 g/mol. The molecule has 9 heteroatoms. The summed E-state index contributed by atoms with van der Waals surface area (Å²) in [5, 5.41) is 1.75. The predicted octanol–water partition coefficient (Wildman–Crippen LogP) is 4.47. The molecule has 0 N–H and O–H groups in total. The first-order valence-corrected chi connectivity index (χ1v) is 12.5. The maximum atomic E-state index is 12.2. The van der Waals surface area contributed by atoms with Crippen LogP contribution in [0.4, 0.5) is 5.69 Å². The molecule has 2 atom stereocenters. The third-order valence-corrected chi connectivity index (χ3v) is 8.47. The van der Waals surface area contributed by atoms with Crippen LogP contribution < -0.4 is 4.90 Å². The summed E-state index contributed by atoms with van der Waals surface area (Å²) >= 11 is 13.6. The lowest BCUT2D eigenvalue weighted by Crippen LogP contribution is -2.39. The molecule has 0 aliphatic carbocycles. The fourth-order valence-electron chi connectivity index (χ4n) is 3.59. The summed E-state index contributed by atoms with van der Waals surface area (Å²) in [4.78, 5) is 18.5. The highest BCUT2D eigenvalue weighted by atomic mass is 35.5. The van der Waals surface area contributed by atoms with E-state index in [0.717, 1.165) is 16.4 Å². The second kappa shape index (κ2) is 7.95. The molecule has 0 amide bonds. The van der Waals surface area contributed by atoms with Gasteiger partial charge in [0.2, 0.25) is 0 Å². The fourth-order valence-corrected chi connectivity index (χ4v) is 6.82. The van der Waals surface area contributed by atoms with Gasteiger partial charge in [0.25, 0.3) is 0 Å². The Morgan fingerprint density at radius 3 is 2.69 bits per heavy atom. The van der Waals surface area contributed by atoms with Crippen LogP contribution in [-0.4, -0.2) is 43.0 Å². The van der Waals surface area contributed by atoms with Crippen LogP contribution in [0.5, 0.6) is 0 Å². The number of benzene rings is 2. The number of ketones is 1. The van der Waals surface area contributed by atoms with Gasteiger partial charge in [0, 0.05) is 17.0 Å². The lowest BCUT2D eigenvalue weighted by atomic mass is 10.1. The zero-order valence-electron chi connectivity index (χ0n) is 15.5. The molecule has 0 aromatic heterocycles. The number of amidine groups is 1. The lowest BCUT2D eigenvalue weighted by Gasteiger charge is -2.27. The average molecular weight is 469 g/mol. The van der Waals surface area contributed by atoms with Crippen molar-refractivity contribution in [3.8, 4) is 0 Å². The molecule has 5 nitrogen and oxygen atoms in total. The second-order valence-electron chi connectivity index (χ2n) is 7.14. The Morgan fingerprint density at radius 2 is 1.97 bits per heavy atom. The molecule has 0 unspecified atom stereocenters. The first kappa shape index (κ1) is 20.7. The predicted molar refractivity (Wildman–Crippen MR) is 120 cm³/mol. The number of anilines is 1. The molecule has 2 heterocycles. The third kappa shape index (κ3) is 4.33. The van der Waals surface area contributed by atoms with E-state index in [2.05, 4.69) is 0 Å². The van der Waals surface area contributed by atoms with Gasteiger partial charge in [0.1, 0.15) is 0 Å². The number of fused-ring (bicyclic) bond motifs is 1. The Hall–Kier alpha value is -1.54. The summed E-state index contributed by atoms with van der Waals surface area (Å²) in [5.74, 6) is 0.688. The van der Waals surface area contributed by atoms with E-state index in [0.29, 0.717) is 21.4 Å². The van der Waals surface area contributed by atoms with Crippen molar-refractivity contribution in [3.05, 3.63) is 63.6 Å². The van der Waals surface area contributed by atoms with Gasteiger partial charge in [-0.05, 0) is 36.8 Å². The molecule has 2 aromatic carbocycles. The minimum atomic E-state index is -3.13. The number of carbonyl (C=O) groups is 1. The number of thioether (sulfide) groups is 1. The van der Waals surface area contributed by atoms with Crippen molar-refractivity contribution in [1.82, 2.24) is 0 Å². The van der Waals surface area contributed by atoms with E-state index in [1.165, 1.54) is 18.7 Å². The number of aliphatic imine (C=N–C) groups is 1. The van der Waals surface area contributed by atoms with Crippen LogP contribution in [0, 0.1) is 0 Å². The van der Waals surface area contributed by atoms with Crippen molar-refractivity contribution in [3.63, 3.8) is 0 Å². The van der Waals surface area contributed by atoms with Gasteiger partial charge in [-0.3, -0.25) is 9.79 Å². The van der Waals surface area contributed by atoms with Gasteiger partial charge in [-0.25, -0.2) is 8.42 Å². The van der Waals surface area contributed by atoms with E-state index in [1.807, 2.05) is 29.2 Å². The van der Waals surface area contributed by atoms with Crippen molar-refractivity contribution < 1.29 is 13.2 Å². The summed E-state index contributed by atoms with van der Waals surface area (Å²) in [5.41, 5.74) is 2.36. The summed E-state index contributed by atoms with van der Waals surface area (Å²) < 4.78 is 24.3. The van der Waals surface area contributed by atoms with Crippen LogP contribution in [0.2, 0.25) is 10.0 Å². The topological polar surface area (TPSA) is 66.8 Å². The van der Waals surface area contributed by atoms with Gasteiger partial charge < -0.3 is 4.90 Å². The van der Waals surface area contributed by atoms with Crippen LogP contribution in [-0.2, 0) is 15.6 Å². The average Bonchev–Trinajstić information content (AvgIpc) is 3.13. The molecule has 2 aliphatic rings. The zero-order chi connectivity index (χ0) is 20.8. The number of sulfone groups is 1. The normalized spacial score (nSPS) is 22.4. The number of halogens is 2. The molecule has 0 radical (unpaired) electrons. The molecule has 29 heavy (non-hydrogen) atoms. The third-order valence-electron chi connectivity index (χ3n) is 4.99. The van der Waals surface area contributed by atoms with E-state index >= 15 is 0 Å². The molecule has 0 saturated carbocycles. The van der Waals surface area contributed by atoms with Crippen molar-refractivity contribution in [2.75, 3.05) is 16.4 Å². The molecular formula is C20H18Cl2N2O3S2. The highest BCUT2D eigenvalue weighted by Gasteiger charge is 2.47. The van der Waals surface area contributed by atoms with Gasteiger partial charge in [0.15, 0.2) is 20.8 Å². The Balaban J connectivity index is 1.64. The van der Waals surface area contributed by atoms with Crippen LogP contribution in [0.1, 0.15) is 22.8 Å². The van der Waals surface area contributed by atoms with Gasteiger partial charge in [0.05, 0.1) is 33.6 Å². The van der Waals surface area contributed by atoms with Gasteiger partial charge >= 0.3 is 0 Å². The molecule has 1 fully saturated rings. The molecule has 2 aliphatic heterocycles. The first-order chi connectivity index (χ1) is 13.7. The van der Waals surface area contributed by atoms with Crippen LogP contribution in [0.15, 0.2) is 47.5 Å². The number of carbonyl (C=O) groups excluding carboxylic acids is 1. The van der Waals surface area contributed by atoms with Gasteiger partial charge in [-0.15, -0.1) is 0 Å². The summed E-state index contributed by atoms with van der Waals surface area (Å²) in [6.45, 7) is 1.51. The lowest BCUT2D eigenvalue weighted by molar-refractivity contribution is 0.101. The highest BCUT2D eigenvalue weighted by molar-refractivity contribution is 8.13. The number of nitrogens with zero attached hydrogens (tertiary/aromatic N) is 2. The minimum absolute atomic E-state index is 0.0383. The molecular weight excluding hydrogens is 451 g/mol. The maximum Gasteiger partial charge on any atom is 0.164 e. The van der Waals surface area contributed by atoms with Crippen molar-refractivity contribution in [1.29, 1.82) is 0 Å². The van der Waals surface area contributed by atoms with Crippen molar-refractivity contribution in [2.24, 2.45) is 4.99 Å². The van der Waals surface area contributed by atoms with Crippen molar-refractivity contribution >= 4 is 61.4 Å². The first-order valence-electron chi connectivity index (χ1n) is 8.99. The fraction of sp³-hybridized carbons (Fsp3) is 0.300. The van der Waals surface area contributed by atoms with E-state index in [-0.39, 0.29) is 29.4 Å². The highest BCUT2D eigenvalue weighted by Crippen LogP contribution is 2.36.